The Morgan fingerprint density at radius 2 is 1.50 bits per heavy atom. The van der Waals surface area contributed by atoms with E-state index in [0.717, 1.165) is 45.1 Å². The maximum absolute atomic E-state index is 6.07. The van der Waals surface area contributed by atoms with Crippen molar-refractivity contribution in [3.05, 3.63) is 0 Å². The first kappa shape index (κ1) is 16.2. The normalized spacial score (nSPS) is 34.8. The van der Waals surface area contributed by atoms with Crippen LogP contribution >= 0.6 is 0 Å². The Kier molecular flexibility index (Phi) is 5.84. The molecule has 2 fully saturated rings. The molecule has 0 amide bonds. The lowest BCUT2D eigenvalue weighted by molar-refractivity contribution is -0.153. The van der Waals surface area contributed by atoms with Crippen molar-refractivity contribution in [1.29, 1.82) is 0 Å². The van der Waals surface area contributed by atoms with E-state index >= 15 is 0 Å². The predicted octanol–water partition coefficient (Wildman–Crippen LogP) is 2.64. The number of hydrogen-bond acceptors (Lipinski definition) is 4. The summed E-state index contributed by atoms with van der Waals surface area (Å²) >= 11 is 0. The number of hydrogen-bond donors (Lipinski definition) is 1. The number of rotatable bonds is 7. The molecule has 0 unspecified atom stereocenters. The summed E-state index contributed by atoms with van der Waals surface area (Å²) in [6, 6.07) is 0.338. The molecule has 2 aliphatic rings. The molecule has 0 saturated heterocycles. The molecule has 2 aliphatic carbocycles. The van der Waals surface area contributed by atoms with Crippen molar-refractivity contribution in [3.63, 3.8) is 0 Å². The van der Waals surface area contributed by atoms with Gasteiger partial charge in [0.2, 0.25) is 0 Å². The van der Waals surface area contributed by atoms with Gasteiger partial charge in [0.25, 0.3) is 0 Å². The first-order valence-corrected chi connectivity index (χ1v) is 8.15. The smallest absolute Gasteiger partial charge is 0.0862 e. The van der Waals surface area contributed by atoms with Crippen LogP contribution in [0, 0.1) is 0 Å². The van der Waals surface area contributed by atoms with E-state index in [0.29, 0.717) is 31.0 Å². The quantitative estimate of drug-likeness (QED) is 0.781. The SMILES string of the molecule is CCOC1CCC(OCC(C)(C)OC2CC(N)C2)CC1. The van der Waals surface area contributed by atoms with Gasteiger partial charge in [-0.3, -0.25) is 0 Å². The van der Waals surface area contributed by atoms with E-state index in [1.807, 2.05) is 0 Å². The molecule has 0 spiro atoms. The first-order valence-electron chi connectivity index (χ1n) is 8.15. The average Bonchev–Trinajstić information content (AvgIpc) is 2.36. The molecule has 4 heteroatoms. The largest absolute Gasteiger partial charge is 0.379 e. The molecule has 0 atom stereocenters. The van der Waals surface area contributed by atoms with Crippen molar-refractivity contribution in [2.45, 2.75) is 89.3 Å². The summed E-state index contributed by atoms with van der Waals surface area (Å²) in [6.45, 7) is 7.78. The summed E-state index contributed by atoms with van der Waals surface area (Å²) in [7, 11) is 0. The predicted molar refractivity (Wildman–Crippen MR) is 79.8 cm³/mol. The molecule has 2 N–H and O–H groups in total. The highest BCUT2D eigenvalue weighted by Gasteiger charge is 2.33. The van der Waals surface area contributed by atoms with E-state index in [1.54, 1.807) is 0 Å². The molecule has 0 aliphatic heterocycles. The van der Waals surface area contributed by atoms with E-state index in [-0.39, 0.29) is 5.60 Å². The molecular formula is C16H31NO3. The van der Waals surface area contributed by atoms with Crippen LogP contribution in [0.2, 0.25) is 0 Å². The summed E-state index contributed by atoms with van der Waals surface area (Å²) in [5, 5.41) is 0. The van der Waals surface area contributed by atoms with Gasteiger partial charge in [-0.1, -0.05) is 0 Å². The van der Waals surface area contributed by atoms with Crippen LogP contribution in [0.15, 0.2) is 0 Å². The van der Waals surface area contributed by atoms with Crippen molar-refractivity contribution in [3.8, 4) is 0 Å². The Labute approximate surface area is 123 Å². The van der Waals surface area contributed by atoms with Gasteiger partial charge in [0.1, 0.15) is 0 Å². The van der Waals surface area contributed by atoms with Crippen molar-refractivity contribution in [2.75, 3.05) is 13.2 Å². The van der Waals surface area contributed by atoms with Gasteiger partial charge >= 0.3 is 0 Å². The van der Waals surface area contributed by atoms with E-state index in [2.05, 4.69) is 20.8 Å². The van der Waals surface area contributed by atoms with Crippen LogP contribution in [-0.2, 0) is 14.2 Å². The molecule has 2 rings (SSSR count). The van der Waals surface area contributed by atoms with Crippen LogP contribution in [0.25, 0.3) is 0 Å². The Morgan fingerprint density at radius 3 is 2.00 bits per heavy atom. The second kappa shape index (κ2) is 7.21. The highest BCUT2D eigenvalue weighted by atomic mass is 16.6. The summed E-state index contributed by atoms with van der Waals surface area (Å²) in [5.41, 5.74) is 5.59. The highest BCUT2D eigenvalue weighted by molar-refractivity contribution is 4.86. The molecule has 0 bridgehead atoms. The topological polar surface area (TPSA) is 53.7 Å². The molecular weight excluding hydrogens is 254 g/mol. The van der Waals surface area contributed by atoms with Gasteiger partial charge in [-0.15, -0.1) is 0 Å². The van der Waals surface area contributed by atoms with Gasteiger partial charge in [0, 0.05) is 12.6 Å². The lowest BCUT2D eigenvalue weighted by Crippen LogP contribution is -2.47. The zero-order valence-corrected chi connectivity index (χ0v) is 13.3. The number of nitrogens with two attached hydrogens (primary N) is 1. The second-order valence-corrected chi connectivity index (χ2v) is 6.90. The molecule has 0 aromatic rings. The fraction of sp³-hybridized carbons (Fsp3) is 1.00. The molecule has 118 valence electrons. The maximum atomic E-state index is 6.07. The highest BCUT2D eigenvalue weighted by Crippen LogP contribution is 2.28. The lowest BCUT2D eigenvalue weighted by atomic mass is 9.89. The number of ether oxygens (including phenoxy) is 3. The fourth-order valence-electron chi connectivity index (χ4n) is 3.11. The zero-order valence-electron chi connectivity index (χ0n) is 13.3. The minimum Gasteiger partial charge on any atom is -0.379 e. The zero-order chi connectivity index (χ0) is 14.6. The Hall–Kier alpha value is -0.160. The van der Waals surface area contributed by atoms with Gasteiger partial charge in [-0.2, -0.15) is 0 Å². The minimum atomic E-state index is -0.207. The molecule has 4 nitrogen and oxygen atoms in total. The van der Waals surface area contributed by atoms with Crippen LogP contribution in [0.5, 0.6) is 0 Å². The second-order valence-electron chi connectivity index (χ2n) is 6.90. The van der Waals surface area contributed by atoms with Crippen LogP contribution in [0.3, 0.4) is 0 Å². The molecule has 2 saturated carbocycles. The Balaban J connectivity index is 1.62. The first-order chi connectivity index (χ1) is 9.48. The van der Waals surface area contributed by atoms with E-state index in [4.69, 9.17) is 19.9 Å². The molecule has 0 aromatic heterocycles. The lowest BCUT2D eigenvalue weighted by Gasteiger charge is -2.39. The molecule has 20 heavy (non-hydrogen) atoms. The standard InChI is InChI=1S/C16H31NO3/c1-4-18-13-5-7-14(8-6-13)19-11-16(2,3)20-15-9-12(17)10-15/h12-15H,4-11,17H2,1-3H3. The van der Waals surface area contributed by atoms with Crippen LogP contribution < -0.4 is 5.73 Å². The molecule has 0 heterocycles. The summed E-state index contributed by atoms with van der Waals surface area (Å²) in [4.78, 5) is 0. The Bertz CT molecular complexity index is 281. The van der Waals surface area contributed by atoms with Crippen LogP contribution in [0.4, 0.5) is 0 Å². The van der Waals surface area contributed by atoms with Gasteiger partial charge in [-0.05, 0) is 59.3 Å². The van der Waals surface area contributed by atoms with Crippen LogP contribution in [-0.4, -0.2) is 43.2 Å². The van der Waals surface area contributed by atoms with Gasteiger partial charge in [-0.25, -0.2) is 0 Å². The molecule has 0 radical (unpaired) electrons. The molecule has 0 aromatic carbocycles. The van der Waals surface area contributed by atoms with Crippen molar-refractivity contribution >= 4 is 0 Å². The summed E-state index contributed by atoms with van der Waals surface area (Å²) < 4.78 is 17.8. The van der Waals surface area contributed by atoms with E-state index < -0.39 is 0 Å². The van der Waals surface area contributed by atoms with Gasteiger partial charge in [0.05, 0.1) is 30.5 Å². The third-order valence-corrected chi connectivity index (χ3v) is 4.31. The monoisotopic (exact) mass is 285 g/mol. The van der Waals surface area contributed by atoms with Gasteiger partial charge < -0.3 is 19.9 Å². The fourth-order valence-corrected chi connectivity index (χ4v) is 3.11. The van der Waals surface area contributed by atoms with E-state index in [1.165, 1.54) is 0 Å². The van der Waals surface area contributed by atoms with Crippen molar-refractivity contribution in [1.82, 2.24) is 0 Å². The summed E-state index contributed by atoms with van der Waals surface area (Å²) in [5.74, 6) is 0. The average molecular weight is 285 g/mol. The van der Waals surface area contributed by atoms with Crippen LogP contribution in [0.1, 0.15) is 59.3 Å². The van der Waals surface area contributed by atoms with E-state index in [9.17, 15) is 0 Å². The third-order valence-electron chi connectivity index (χ3n) is 4.31. The summed E-state index contributed by atoms with van der Waals surface area (Å²) in [6.07, 6.45) is 7.58. The Morgan fingerprint density at radius 1 is 0.950 bits per heavy atom. The maximum Gasteiger partial charge on any atom is 0.0862 e. The van der Waals surface area contributed by atoms with Crippen molar-refractivity contribution < 1.29 is 14.2 Å². The van der Waals surface area contributed by atoms with Crippen molar-refractivity contribution in [2.24, 2.45) is 5.73 Å². The minimum absolute atomic E-state index is 0.207. The van der Waals surface area contributed by atoms with Gasteiger partial charge in [0.15, 0.2) is 0 Å². The third kappa shape index (κ3) is 4.99.